The Labute approximate surface area is 195 Å². The van der Waals surface area contributed by atoms with Crippen molar-refractivity contribution in [2.75, 3.05) is 26.2 Å². The summed E-state index contributed by atoms with van der Waals surface area (Å²) in [7, 11) is -3.52. The second kappa shape index (κ2) is 9.16. The van der Waals surface area contributed by atoms with Gasteiger partial charge in [0.15, 0.2) is 0 Å². The third kappa shape index (κ3) is 4.56. The lowest BCUT2D eigenvalue weighted by Crippen LogP contribution is -2.64. The Bertz CT molecular complexity index is 1160. The molecule has 0 bridgehead atoms. The Hall–Kier alpha value is -2.29. The Balaban J connectivity index is 1.28. The normalized spacial score (nSPS) is 20.8. The van der Waals surface area contributed by atoms with E-state index in [9.17, 15) is 12.8 Å². The lowest BCUT2D eigenvalue weighted by Gasteiger charge is -2.44. The summed E-state index contributed by atoms with van der Waals surface area (Å²) in [6.45, 7) is 2.80. The van der Waals surface area contributed by atoms with Gasteiger partial charge in [0, 0.05) is 26.2 Å². The number of halogens is 1. The molecule has 33 heavy (non-hydrogen) atoms. The molecule has 3 aliphatic rings. The summed E-state index contributed by atoms with van der Waals surface area (Å²) in [5, 5.41) is 6.99. The lowest BCUT2D eigenvalue weighted by atomic mass is 9.85. The van der Waals surface area contributed by atoms with E-state index in [0.29, 0.717) is 43.9 Å². The molecule has 0 amide bonds. The van der Waals surface area contributed by atoms with Crippen LogP contribution in [0.25, 0.3) is 0 Å². The van der Waals surface area contributed by atoms with Gasteiger partial charge in [-0.05, 0) is 79.5 Å². The largest absolute Gasteiger partial charge is 0.368 e. The number of hydrogen-bond acceptors (Lipinski definition) is 5. The van der Waals surface area contributed by atoms with E-state index in [0.717, 1.165) is 37.2 Å². The van der Waals surface area contributed by atoms with Crippen molar-refractivity contribution >= 4 is 15.9 Å². The molecule has 176 valence electrons. The molecule has 0 radical (unpaired) electrons. The van der Waals surface area contributed by atoms with Crippen LogP contribution in [0.4, 0.5) is 4.39 Å². The maximum absolute atomic E-state index is 13.5. The molecule has 0 saturated carbocycles. The summed E-state index contributed by atoms with van der Waals surface area (Å²) in [5.41, 5.74) is 2.95. The van der Waals surface area contributed by atoms with Crippen molar-refractivity contribution in [3.63, 3.8) is 0 Å². The van der Waals surface area contributed by atoms with Crippen molar-refractivity contribution in [3.8, 4) is 0 Å². The number of sulfonamides is 1. The third-order valence-electron chi connectivity index (χ3n) is 7.18. The Morgan fingerprint density at radius 2 is 1.85 bits per heavy atom. The zero-order valence-electron chi connectivity index (χ0n) is 18.8. The Morgan fingerprint density at radius 1 is 1.06 bits per heavy atom. The highest BCUT2D eigenvalue weighted by Gasteiger charge is 2.43. The predicted molar refractivity (Wildman–Crippen MR) is 127 cm³/mol. The van der Waals surface area contributed by atoms with Gasteiger partial charge >= 0.3 is 0 Å². The monoisotopic (exact) mass is 470 g/mol. The van der Waals surface area contributed by atoms with Crippen LogP contribution in [0, 0.1) is 5.82 Å². The fourth-order valence-electron chi connectivity index (χ4n) is 5.30. The molecule has 2 N–H and O–H groups in total. The molecule has 2 aromatic carbocycles. The SMILES string of the molecule is O=S(=O)(c1ccc2c(c1)CCCC2)N1CCC2(CC1)NCCN=C2NCc1cccc(F)c1. The van der Waals surface area contributed by atoms with E-state index < -0.39 is 10.0 Å². The van der Waals surface area contributed by atoms with Gasteiger partial charge in [-0.1, -0.05) is 18.2 Å². The minimum Gasteiger partial charge on any atom is -0.368 e. The van der Waals surface area contributed by atoms with Crippen molar-refractivity contribution in [1.29, 1.82) is 0 Å². The molecule has 1 aliphatic carbocycles. The fraction of sp³-hybridized carbons (Fsp3) is 0.480. The van der Waals surface area contributed by atoms with E-state index in [2.05, 4.69) is 10.6 Å². The molecule has 5 rings (SSSR count). The number of nitrogens with zero attached hydrogens (tertiary/aromatic N) is 2. The van der Waals surface area contributed by atoms with E-state index >= 15 is 0 Å². The number of amidine groups is 1. The maximum atomic E-state index is 13.5. The summed E-state index contributed by atoms with van der Waals surface area (Å²) in [5.74, 6) is 0.595. The summed E-state index contributed by atoms with van der Waals surface area (Å²) in [6.07, 6.45) is 5.59. The Morgan fingerprint density at radius 3 is 2.64 bits per heavy atom. The smallest absolute Gasteiger partial charge is 0.243 e. The topological polar surface area (TPSA) is 73.8 Å². The first-order chi connectivity index (χ1) is 16.0. The molecule has 1 fully saturated rings. The van der Waals surface area contributed by atoms with Crippen molar-refractivity contribution in [3.05, 3.63) is 65.0 Å². The van der Waals surface area contributed by atoms with Crippen LogP contribution in [0.3, 0.4) is 0 Å². The van der Waals surface area contributed by atoms with Gasteiger partial charge in [0.05, 0.1) is 17.0 Å². The van der Waals surface area contributed by atoms with Crippen LogP contribution in [-0.4, -0.2) is 50.3 Å². The van der Waals surface area contributed by atoms with Crippen molar-refractivity contribution < 1.29 is 12.8 Å². The summed E-state index contributed by atoms with van der Waals surface area (Å²) >= 11 is 0. The molecule has 1 spiro atoms. The molecule has 2 heterocycles. The fourth-order valence-corrected chi connectivity index (χ4v) is 6.79. The van der Waals surface area contributed by atoms with Crippen LogP contribution < -0.4 is 10.6 Å². The molecular weight excluding hydrogens is 439 g/mol. The molecule has 0 aromatic heterocycles. The van der Waals surface area contributed by atoms with Gasteiger partial charge in [0.25, 0.3) is 0 Å². The first-order valence-electron chi connectivity index (χ1n) is 11.9. The minimum atomic E-state index is -3.52. The predicted octanol–water partition coefficient (Wildman–Crippen LogP) is 3.02. The van der Waals surface area contributed by atoms with Gasteiger partial charge < -0.3 is 10.6 Å². The van der Waals surface area contributed by atoms with Gasteiger partial charge in [-0.15, -0.1) is 0 Å². The number of hydrogen-bond donors (Lipinski definition) is 2. The number of fused-ring (bicyclic) bond motifs is 1. The molecule has 2 aromatic rings. The van der Waals surface area contributed by atoms with Crippen LogP contribution in [0.15, 0.2) is 52.4 Å². The first kappa shape index (κ1) is 22.5. The standard InChI is InChI=1S/C25H31FN4O2S/c26-22-7-3-4-19(16-22)18-28-24-25(29-13-12-27-24)10-14-30(15-11-25)33(31,32)23-9-8-20-5-1-2-6-21(20)17-23/h3-4,7-9,16-17,29H,1-2,5-6,10-15,18H2,(H,27,28). The van der Waals surface area contributed by atoms with E-state index in [1.807, 2.05) is 18.2 Å². The highest BCUT2D eigenvalue weighted by molar-refractivity contribution is 7.89. The average Bonchev–Trinajstić information content (AvgIpc) is 2.83. The number of aryl methyl sites for hydroxylation is 2. The minimum absolute atomic E-state index is 0.256. The van der Waals surface area contributed by atoms with E-state index in [4.69, 9.17) is 4.99 Å². The third-order valence-corrected chi connectivity index (χ3v) is 9.08. The van der Waals surface area contributed by atoms with Gasteiger partial charge in [-0.3, -0.25) is 4.99 Å². The van der Waals surface area contributed by atoms with Crippen molar-refractivity contribution in [2.45, 2.75) is 55.5 Å². The van der Waals surface area contributed by atoms with Crippen LogP contribution in [0.5, 0.6) is 0 Å². The second-order valence-electron chi connectivity index (χ2n) is 9.26. The van der Waals surface area contributed by atoms with Gasteiger partial charge in [0.2, 0.25) is 10.0 Å². The lowest BCUT2D eigenvalue weighted by molar-refractivity contribution is 0.241. The summed E-state index contributed by atoms with van der Waals surface area (Å²) in [6, 6.07) is 12.2. The molecule has 6 nitrogen and oxygen atoms in total. The number of benzene rings is 2. The quantitative estimate of drug-likeness (QED) is 0.721. The molecule has 0 unspecified atom stereocenters. The molecule has 0 atom stereocenters. The first-order valence-corrected chi connectivity index (χ1v) is 13.3. The Kier molecular flexibility index (Phi) is 6.24. The number of rotatable bonds is 4. The van der Waals surface area contributed by atoms with Crippen LogP contribution in [0.2, 0.25) is 0 Å². The van der Waals surface area contributed by atoms with Crippen LogP contribution in [-0.2, 0) is 29.4 Å². The van der Waals surface area contributed by atoms with Crippen molar-refractivity contribution in [1.82, 2.24) is 14.9 Å². The zero-order valence-corrected chi connectivity index (χ0v) is 19.6. The number of nitrogens with one attached hydrogen (secondary N) is 2. The average molecular weight is 471 g/mol. The van der Waals surface area contributed by atoms with E-state index in [-0.39, 0.29) is 11.4 Å². The van der Waals surface area contributed by atoms with Gasteiger partial charge in [-0.25, -0.2) is 12.8 Å². The highest BCUT2D eigenvalue weighted by Crippen LogP contribution is 2.31. The van der Waals surface area contributed by atoms with E-state index in [1.165, 1.54) is 29.7 Å². The van der Waals surface area contributed by atoms with E-state index in [1.54, 1.807) is 16.4 Å². The van der Waals surface area contributed by atoms with Crippen LogP contribution in [0.1, 0.15) is 42.4 Å². The van der Waals surface area contributed by atoms with Crippen LogP contribution >= 0.6 is 0 Å². The molecule has 1 saturated heterocycles. The van der Waals surface area contributed by atoms with Crippen molar-refractivity contribution in [2.24, 2.45) is 4.99 Å². The van der Waals surface area contributed by atoms with Gasteiger partial charge in [0.1, 0.15) is 11.7 Å². The highest BCUT2D eigenvalue weighted by atomic mass is 32.2. The zero-order chi connectivity index (χ0) is 22.9. The molecule has 2 aliphatic heterocycles. The maximum Gasteiger partial charge on any atom is 0.243 e. The second-order valence-corrected chi connectivity index (χ2v) is 11.2. The number of aliphatic imine (C=N–C) groups is 1. The number of piperidine rings is 1. The van der Waals surface area contributed by atoms with Gasteiger partial charge in [-0.2, -0.15) is 4.31 Å². The summed E-state index contributed by atoms with van der Waals surface area (Å²) in [4.78, 5) is 5.13. The summed E-state index contributed by atoms with van der Waals surface area (Å²) < 4.78 is 41.9. The molecular formula is C25H31FN4O2S. The molecule has 8 heteroatoms.